The van der Waals surface area contributed by atoms with Crippen molar-refractivity contribution in [2.75, 3.05) is 37.7 Å². The van der Waals surface area contributed by atoms with Gasteiger partial charge in [0, 0.05) is 26.2 Å². The molecule has 0 atom stereocenters. The molecule has 4 aromatic rings. The number of anilines is 1. The lowest BCUT2D eigenvalue weighted by Gasteiger charge is -2.34. The molecule has 3 heterocycles. The number of fused-ring (bicyclic) bond motifs is 1. The largest absolute Gasteiger partial charge is 0.493 e. The smallest absolute Gasteiger partial charge is 0.257 e. The molecular formula is C24H25N5O2S. The maximum Gasteiger partial charge on any atom is 0.257 e. The second-order valence-electron chi connectivity index (χ2n) is 7.69. The summed E-state index contributed by atoms with van der Waals surface area (Å²) in [6, 6.07) is 17.5. The number of rotatable bonds is 5. The number of hydrogen-bond acceptors (Lipinski definition) is 6. The molecule has 8 heteroatoms. The molecule has 2 aromatic heterocycles. The molecule has 1 amide bonds. The highest BCUT2D eigenvalue weighted by molar-refractivity contribution is 7.22. The molecule has 1 aliphatic rings. The van der Waals surface area contributed by atoms with Crippen molar-refractivity contribution in [3.05, 3.63) is 65.9 Å². The van der Waals surface area contributed by atoms with E-state index in [4.69, 9.17) is 9.72 Å². The van der Waals surface area contributed by atoms with Crippen LogP contribution in [0.1, 0.15) is 23.0 Å². The van der Waals surface area contributed by atoms with Crippen LogP contribution >= 0.6 is 11.3 Å². The number of thiazole rings is 1. The molecule has 5 rings (SSSR count). The van der Waals surface area contributed by atoms with Crippen molar-refractivity contribution in [2.24, 2.45) is 0 Å². The Labute approximate surface area is 190 Å². The molecule has 0 saturated carbocycles. The van der Waals surface area contributed by atoms with Gasteiger partial charge in [-0.05, 0) is 38.1 Å². The standard InChI is InChI=1S/C24H25N5O2S/c1-3-31-20-12-8-7-11-19(20)23(30)27-13-15-28(16-14-27)24-25-22-21(32-24)17(2)26-29(22)18-9-5-4-6-10-18/h4-12H,3,13-16H2,1-2H3. The number of amides is 1. The predicted molar refractivity (Wildman–Crippen MR) is 127 cm³/mol. The lowest BCUT2D eigenvalue weighted by molar-refractivity contribution is 0.0742. The van der Waals surface area contributed by atoms with Gasteiger partial charge in [0.1, 0.15) is 5.75 Å². The summed E-state index contributed by atoms with van der Waals surface area (Å²) < 4.78 is 8.67. The topological polar surface area (TPSA) is 63.5 Å². The Bertz CT molecular complexity index is 1240. The van der Waals surface area contributed by atoms with Crippen LogP contribution in [0, 0.1) is 6.92 Å². The third-order valence-electron chi connectivity index (χ3n) is 5.63. The van der Waals surface area contributed by atoms with Crippen LogP contribution < -0.4 is 9.64 Å². The number of piperazine rings is 1. The summed E-state index contributed by atoms with van der Waals surface area (Å²) in [5.41, 5.74) is 3.50. The summed E-state index contributed by atoms with van der Waals surface area (Å²) in [5, 5.41) is 5.66. The average Bonchev–Trinajstić information content (AvgIpc) is 3.40. The van der Waals surface area contributed by atoms with Gasteiger partial charge in [-0.2, -0.15) is 10.1 Å². The van der Waals surface area contributed by atoms with E-state index in [1.807, 2.05) is 78.0 Å². The first kappa shape index (κ1) is 20.5. The summed E-state index contributed by atoms with van der Waals surface area (Å²) >= 11 is 1.67. The molecule has 0 N–H and O–H groups in total. The van der Waals surface area contributed by atoms with Gasteiger partial charge in [-0.15, -0.1) is 0 Å². The fourth-order valence-corrected chi connectivity index (χ4v) is 5.04. The minimum Gasteiger partial charge on any atom is -0.493 e. The monoisotopic (exact) mass is 447 g/mol. The first-order chi connectivity index (χ1) is 15.7. The van der Waals surface area contributed by atoms with E-state index in [2.05, 4.69) is 10.00 Å². The number of benzene rings is 2. The SMILES string of the molecule is CCOc1ccccc1C(=O)N1CCN(c2nc3c(s2)c(C)nn3-c2ccccc2)CC1. The van der Waals surface area contributed by atoms with Crippen LogP contribution in [-0.4, -0.2) is 58.4 Å². The van der Waals surface area contributed by atoms with Gasteiger partial charge in [0.05, 0.1) is 28.3 Å². The Kier molecular flexibility index (Phi) is 5.53. The van der Waals surface area contributed by atoms with Crippen molar-refractivity contribution in [3.8, 4) is 11.4 Å². The van der Waals surface area contributed by atoms with Crippen LogP contribution in [0.4, 0.5) is 5.13 Å². The minimum atomic E-state index is 0.0218. The van der Waals surface area contributed by atoms with Gasteiger partial charge in [0.25, 0.3) is 5.91 Å². The summed E-state index contributed by atoms with van der Waals surface area (Å²) in [6.45, 7) is 7.29. The van der Waals surface area contributed by atoms with E-state index in [1.54, 1.807) is 11.3 Å². The molecule has 32 heavy (non-hydrogen) atoms. The maximum absolute atomic E-state index is 13.1. The van der Waals surface area contributed by atoms with Crippen molar-refractivity contribution < 1.29 is 9.53 Å². The van der Waals surface area contributed by atoms with Gasteiger partial charge < -0.3 is 14.5 Å². The molecular weight excluding hydrogens is 422 g/mol. The zero-order chi connectivity index (χ0) is 22.1. The fraction of sp³-hybridized carbons (Fsp3) is 0.292. The van der Waals surface area contributed by atoms with Crippen LogP contribution in [0.15, 0.2) is 54.6 Å². The fourth-order valence-electron chi connectivity index (χ4n) is 4.00. The third-order valence-corrected chi connectivity index (χ3v) is 6.85. The summed E-state index contributed by atoms with van der Waals surface area (Å²) in [4.78, 5) is 22.2. The Morgan fingerprint density at radius 2 is 1.75 bits per heavy atom. The maximum atomic E-state index is 13.1. The van der Waals surface area contributed by atoms with E-state index >= 15 is 0 Å². The Balaban J connectivity index is 1.33. The van der Waals surface area contributed by atoms with E-state index in [-0.39, 0.29) is 5.91 Å². The van der Waals surface area contributed by atoms with Crippen LogP contribution in [0.25, 0.3) is 16.0 Å². The van der Waals surface area contributed by atoms with Crippen molar-refractivity contribution in [1.29, 1.82) is 0 Å². The van der Waals surface area contributed by atoms with E-state index in [1.165, 1.54) is 0 Å². The molecule has 0 bridgehead atoms. The molecule has 0 spiro atoms. The quantitative estimate of drug-likeness (QED) is 0.460. The second-order valence-corrected chi connectivity index (χ2v) is 8.67. The predicted octanol–water partition coefficient (Wildman–Crippen LogP) is 4.15. The summed E-state index contributed by atoms with van der Waals surface area (Å²) in [7, 11) is 0. The minimum absolute atomic E-state index is 0.0218. The Hall–Kier alpha value is -3.39. The summed E-state index contributed by atoms with van der Waals surface area (Å²) in [6.07, 6.45) is 0. The molecule has 0 unspecified atom stereocenters. The van der Waals surface area contributed by atoms with Crippen LogP contribution in [0.2, 0.25) is 0 Å². The van der Waals surface area contributed by atoms with Crippen molar-refractivity contribution in [1.82, 2.24) is 19.7 Å². The Morgan fingerprint density at radius 1 is 1.03 bits per heavy atom. The van der Waals surface area contributed by atoms with Gasteiger partial charge in [-0.3, -0.25) is 4.79 Å². The van der Waals surface area contributed by atoms with Gasteiger partial charge in [-0.25, -0.2) is 4.68 Å². The van der Waals surface area contributed by atoms with Gasteiger partial charge in [0.2, 0.25) is 0 Å². The number of aromatic nitrogens is 3. The molecule has 0 radical (unpaired) electrons. The molecule has 1 fully saturated rings. The van der Waals surface area contributed by atoms with Crippen molar-refractivity contribution >= 4 is 32.7 Å². The number of nitrogens with zero attached hydrogens (tertiary/aromatic N) is 5. The number of hydrogen-bond donors (Lipinski definition) is 0. The van der Waals surface area contributed by atoms with Crippen molar-refractivity contribution in [3.63, 3.8) is 0 Å². The number of carbonyl (C=O) groups is 1. The first-order valence-corrected chi connectivity index (χ1v) is 11.6. The number of para-hydroxylation sites is 2. The van der Waals surface area contributed by atoms with Gasteiger partial charge >= 0.3 is 0 Å². The van der Waals surface area contributed by atoms with Crippen LogP contribution in [0.3, 0.4) is 0 Å². The molecule has 7 nitrogen and oxygen atoms in total. The van der Waals surface area contributed by atoms with E-state index < -0.39 is 0 Å². The number of aryl methyl sites for hydroxylation is 1. The highest BCUT2D eigenvalue weighted by atomic mass is 32.1. The lowest BCUT2D eigenvalue weighted by Crippen LogP contribution is -2.48. The van der Waals surface area contributed by atoms with E-state index in [0.717, 1.165) is 39.9 Å². The number of carbonyl (C=O) groups excluding carboxylic acids is 1. The van der Waals surface area contributed by atoms with Gasteiger partial charge in [0.15, 0.2) is 10.8 Å². The van der Waals surface area contributed by atoms with Gasteiger partial charge in [-0.1, -0.05) is 41.7 Å². The molecule has 1 saturated heterocycles. The van der Waals surface area contributed by atoms with Crippen LogP contribution in [-0.2, 0) is 0 Å². The Morgan fingerprint density at radius 3 is 2.50 bits per heavy atom. The normalized spacial score (nSPS) is 14.2. The third kappa shape index (κ3) is 3.71. The highest BCUT2D eigenvalue weighted by Crippen LogP contribution is 2.33. The van der Waals surface area contributed by atoms with Crippen molar-refractivity contribution in [2.45, 2.75) is 13.8 Å². The zero-order valence-corrected chi connectivity index (χ0v) is 19.0. The molecule has 164 valence electrons. The first-order valence-electron chi connectivity index (χ1n) is 10.8. The molecule has 1 aliphatic heterocycles. The lowest BCUT2D eigenvalue weighted by atomic mass is 10.1. The molecule has 0 aliphatic carbocycles. The highest BCUT2D eigenvalue weighted by Gasteiger charge is 2.26. The van der Waals surface area contributed by atoms with Crippen LogP contribution in [0.5, 0.6) is 5.75 Å². The molecule has 2 aromatic carbocycles. The number of ether oxygens (including phenoxy) is 1. The average molecular weight is 448 g/mol. The zero-order valence-electron chi connectivity index (χ0n) is 18.2. The van der Waals surface area contributed by atoms with E-state index in [9.17, 15) is 4.79 Å². The summed E-state index contributed by atoms with van der Waals surface area (Å²) in [5.74, 6) is 0.670. The van der Waals surface area contributed by atoms with E-state index in [0.29, 0.717) is 31.0 Å². The second kappa shape index (κ2) is 8.63.